The molecule has 0 saturated carbocycles. The van der Waals surface area contributed by atoms with E-state index in [0.29, 0.717) is 19.5 Å². The zero-order chi connectivity index (χ0) is 15.3. The quantitative estimate of drug-likeness (QED) is 0.801. The van der Waals surface area contributed by atoms with E-state index in [0.717, 1.165) is 22.2 Å². The van der Waals surface area contributed by atoms with Crippen LogP contribution < -0.4 is 5.32 Å². The number of nitrogens with one attached hydrogen (secondary N) is 1. The van der Waals surface area contributed by atoms with Gasteiger partial charge in [0.2, 0.25) is 0 Å². The molecule has 2 rings (SSSR count). The second kappa shape index (κ2) is 6.89. The lowest BCUT2D eigenvalue weighted by Gasteiger charge is -2.08. The number of aromatic nitrogens is 1. The fourth-order valence-corrected chi connectivity index (χ4v) is 2.20. The number of hydrogen-bond acceptors (Lipinski definition) is 2. The predicted molar refractivity (Wildman–Crippen MR) is 78.1 cm³/mol. The highest BCUT2D eigenvalue weighted by Crippen LogP contribution is 2.21. The first kappa shape index (κ1) is 15.8. The van der Waals surface area contributed by atoms with Gasteiger partial charge in [-0.1, -0.05) is 12.1 Å². The maximum absolute atomic E-state index is 12.0. The van der Waals surface area contributed by atoms with Crippen molar-refractivity contribution in [1.82, 2.24) is 10.3 Å². The summed E-state index contributed by atoms with van der Waals surface area (Å²) in [6.45, 7) is 3.21. The minimum Gasteiger partial charge on any atom is -0.313 e. The molecule has 114 valence electrons. The van der Waals surface area contributed by atoms with E-state index >= 15 is 0 Å². The smallest absolute Gasteiger partial charge is 0.313 e. The molecule has 0 atom stereocenters. The van der Waals surface area contributed by atoms with Crippen LogP contribution >= 0.6 is 0 Å². The van der Waals surface area contributed by atoms with Crippen LogP contribution in [0, 0.1) is 6.92 Å². The van der Waals surface area contributed by atoms with Gasteiger partial charge in [0, 0.05) is 24.0 Å². The van der Waals surface area contributed by atoms with Crippen molar-refractivity contribution in [3.63, 3.8) is 0 Å². The molecule has 2 nitrogen and oxygen atoms in total. The lowest BCUT2D eigenvalue weighted by molar-refractivity contribution is -0.135. The monoisotopic (exact) mass is 296 g/mol. The van der Waals surface area contributed by atoms with Crippen molar-refractivity contribution in [1.29, 1.82) is 0 Å². The zero-order valence-corrected chi connectivity index (χ0v) is 12.0. The molecule has 1 N–H and O–H groups in total. The highest BCUT2D eigenvalue weighted by molar-refractivity contribution is 5.79. The molecule has 21 heavy (non-hydrogen) atoms. The summed E-state index contributed by atoms with van der Waals surface area (Å²) in [7, 11) is 0. The third-order valence-corrected chi connectivity index (χ3v) is 3.29. The highest BCUT2D eigenvalue weighted by atomic mass is 19.4. The Morgan fingerprint density at radius 2 is 1.90 bits per heavy atom. The average Bonchev–Trinajstić information content (AvgIpc) is 2.41. The van der Waals surface area contributed by atoms with Crippen molar-refractivity contribution in [2.45, 2.75) is 38.9 Å². The molecule has 0 amide bonds. The van der Waals surface area contributed by atoms with E-state index in [1.165, 1.54) is 0 Å². The van der Waals surface area contributed by atoms with E-state index < -0.39 is 12.6 Å². The number of pyridine rings is 1. The molecule has 0 fully saturated rings. The Kier molecular flexibility index (Phi) is 5.17. The van der Waals surface area contributed by atoms with Crippen molar-refractivity contribution in [3.05, 3.63) is 41.6 Å². The Balaban J connectivity index is 1.77. The predicted octanol–water partition coefficient (Wildman–Crippen LogP) is 4.37. The minimum absolute atomic E-state index is 0.178. The second-order valence-corrected chi connectivity index (χ2v) is 5.23. The van der Waals surface area contributed by atoms with Crippen molar-refractivity contribution in [3.8, 4) is 0 Å². The van der Waals surface area contributed by atoms with E-state index in [1.54, 1.807) is 0 Å². The molecule has 0 aliphatic rings. The van der Waals surface area contributed by atoms with Gasteiger partial charge in [0.1, 0.15) is 0 Å². The summed E-state index contributed by atoms with van der Waals surface area (Å²) < 4.78 is 35.9. The summed E-state index contributed by atoms with van der Waals surface area (Å²) in [6.07, 6.45) is -4.02. The van der Waals surface area contributed by atoms with E-state index in [-0.39, 0.29) is 6.42 Å². The molecular formula is C16H19F3N2. The Labute approximate surface area is 122 Å². The maximum atomic E-state index is 12.0. The molecule has 1 aromatic heterocycles. The van der Waals surface area contributed by atoms with Gasteiger partial charge in [-0.15, -0.1) is 0 Å². The minimum atomic E-state index is -4.04. The molecular weight excluding hydrogens is 277 g/mol. The van der Waals surface area contributed by atoms with Gasteiger partial charge in [0.15, 0.2) is 0 Å². The van der Waals surface area contributed by atoms with Crippen LogP contribution in [0.1, 0.15) is 30.5 Å². The summed E-state index contributed by atoms with van der Waals surface area (Å²) in [6, 6.07) is 10.0. The summed E-state index contributed by atoms with van der Waals surface area (Å²) >= 11 is 0. The van der Waals surface area contributed by atoms with Crippen LogP contribution in [0.25, 0.3) is 10.9 Å². The molecule has 1 heterocycles. The van der Waals surface area contributed by atoms with Crippen LogP contribution in [0.3, 0.4) is 0 Å². The summed E-state index contributed by atoms with van der Waals surface area (Å²) in [5, 5.41) is 4.26. The number of alkyl halides is 3. The topological polar surface area (TPSA) is 24.9 Å². The molecule has 0 aliphatic heterocycles. The van der Waals surface area contributed by atoms with Crippen molar-refractivity contribution in [2.75, 3.05) is 6.54 Å². The number of fused-ring (bicyclic) bond motifs is 1. The standard InChI is InChI=1S/C16H19F3N2/c1-12-4-6-14-10-13(5-7-15(14)21-12)11-20-9-3-2-8-16(17,18)19/h4-7,10,20H,2-3,8-9,11H2,1H3. The molecule has 0 spiro atoms. The second-order valence-electron chi connectivity index (χ2n) is 5.23. The normalized spacial score (nSPS) is 12.0. The zero-order valence-electron chi connectivity index (χ0n) is 12.0. The number of rotatable bonds is 6. The lowest BCUT2D eigenvalue weighted by Crippen LogP contribution is -2.15. The van der Waals surface area contributed by atoms with Gasteiger partial charge in [-0.05, 0) is 50.1 Å². The molecule has 0 saturated heterocycles. The van der Waals surface area contributed by atoms with Gasteiger partial charge in [0.05, 0.1) is 5.52 Å². The van der Waals surface area contributed by atoms with E-state index in [4.69, 9.17) is 0 Å². The molecule has 2 aromatic rings. The first-order valence-electron chi connectivity index (χ1n) is 7.08. The van der Waals surface area contributed by atoms with E-state index in [2.05, 4.69) is 16.4 Å². The van der Waals surface area contributed by atoms with Gasteiger partial charge < -0.3 is 5.32 Å². The van der Waals surface area contributed by atoms with Crippen LogP contribution in [-0.4, -0.2) is 17.7 Å². The maximum Gasteiger partial charge on any atom is 0.389 e. The number of unbranched alkanes of at least 4 members (excludes halogenated alkanes) is 1. The first-order chi connectivity index (χ1) is 9.94. The Morgan fingerprint density at radius 1 is 1.10 bits per heavy atom. The third kappa shape index (κ3) is 5.34. The van der Waals surface area contributed by atoms with Crippen LogP contribution in [-0.2, 0) is 6.54 Å². The van der Waals surface area contributed by atoms with Crippen molar-refractivity contribution >= 4 is 10.9 Å². The Morgan fingerprint density at radius 3 is 2.67 bits per heavy atom. The average molecular weight is 296 g/mol. The fraction of sp³-hybridized carbons (Fsp3) is 0.438. The van der Waals surface area contributed by atoms with Gasteiger partial charge in [-0.25, -0.2) is 0 Å². The molecule has 0 aliphatic carbocycles. The van der Waals surface area contributed by atoms with Gasteiger partial charge in [0.25, 0.3) is 0 Å². The van der Waals surface area contributed by atoms with Crippen LogP contribution in [0.4, 0.5) is 13.2 Å². The van der Waals surface area contributed by atoms with Crippen LogP contribution in [0.5, 0.6) is 0 Å². The molecule has 0 bridgehead atoms. The van der Waals surface area contributed by atoms with E-state index in [9.17, 15) is 13.2 Å². The summed E-state index contributed by atoms with van der Waals surface area (Å²) in [4.78, 5) is 4.43. The molecule has 0 radical (unpaired) electrons. The fourth-order valence-electron chi connectivity index (χ4n) is 2.20. The first-order valence-corrected chi connectivity index (χ1v) is 7.08. The molecule has 5 heteroatoms. The third-order valence-electron chi connectivity index (χ3n) is 3.29. The van der Waals surface area contributed by atoms with Crippen LogP contribution in [0.15, 0.2) is 30.3 Å². The van der Waals surface area contributed by atoms with Crippen molar-refractivity contribution in [2.24, 2.45) is 0 Å². The lowest BCUT2D eigenvalue weighted by atomic mass is 10.1. The largest absolute Gasteiger partial charge is 0.389 e. The number of hydrogen-bond donors (Lipinski definition) is 1. The summed E-state index contributed by atoms with van der Waals surface area (Å²) in [5.41, 5.74) is 3.06. The number of halogens is 3. The highest BCUT2D eigenvalue weighted by Gasteiger charge is 2.25. The molecule has 0 unspecified atom stereocenters. The number of benzene rings is 1. The Hall–Kier alpha value is -1.62. The number of aryl methyl sites for hydroxylation is 1. The van der Waals surface area contributed by atoms with Gasteiger partial charge >= 0.3 is 6.18 Å². The van der Waals surface area contributed by atoms with Gasteiger partial charge in [-0.2, -0.15) is 13.2 Å². The van der Waals surface area contributed by atoms with Crippen molar-refractivity contribution < 1.29 is 13.2 Å². The molecule has 1 aromatic carbocycles. The summed E-state index contributed by atoms with van der Waals surface area (Å²) in [5.74, 6) is 0. The SMILES string of the molecule is Cc1ccc2cc(CNCCCCC(F)(F)F)ccc2n1. The number of nitrogens with zero attached hydrogens (tertiary/aromatic N) is 1. The van der Waals surface area contributed by atoms with Crippen LogP contribution in [0.2, 0.25) is 0 Å². The van der Waals surface area contributed by atoms with Gasteiger partial charge in [-0.3, -0.25) is 4.98 Å². The van der Waals surface area contributed by atoms with E-state index in [1.807, 2.05) is 31.2 Å². The Bertz CT molecular complexity index is 594.